The van der Waals surface area contributed by atoms with Crippen LogP contribution in [-0.4, -0.2) is 39.3 Å². The number of ether oxygens (including phenoxy) is 1. The Bertz CT molecular complexity index is 503. The van der Waals surface area contributed by atoms with Crippen molar-refractivity contribution in [3.63, 3.8) is 0 Å². The molecular formula is C8H5ClN4O3S. The van der Waals surface area contributed by atoms with Crippen LogP contribution >= 0.6 is 24.0 Å². The number of nitrogens with one attached hydrogen (secondary N) is 1. The van der Waals surface area contributed by atoms with E-state index in [1.54, 1.807) is 0 Å². The van der Waals surface area contributed by atoms with Crippen LogP contribution in [0.15, 0.2) is 22.6 Å². The number of rotatable bonds is 2. The zero-order chi connectivity index (χ0) is 12.6. The molecule has 0 radical (unpaired) electrons. The Labute approximate surface area is 106 Å². The van der Waals surface area contributed by atoms with Gasteiger partial charge in [-0.25, -0.2) is 14.8 Å². The van der Waals surface area contributed by atoms with Crippen molar-refractivity contribution in [2.24, 2.45) is 9.98 Å². The second-order valence-electron chi connectivity index (χ2n) is 3.01. The van der Waals surface area contributed by atoms with Crippen molar-refractivity contribution in [2.75, 3.05) is 0 Å². The first-order chi connectivity index (χ1) is 8.00. The lowest BCUT2D eigenvalue weighted by atomic mass is 10.2. The highest BCUT2D eigenvalue weighted by Gasteiger charge is 2.52. The molecule has 0 aromatic carbocycles. The summed E-state index contributed by atoms with van der Waals surface area (Å²) in [6.45, 7) is 3.24. The number of thiocarbonyl (C=S) groups is 1. The Kier molecular flexibility index (Phi) is 2.68. The SMILES string of the molecule is C=CC(=O)OC12N=CN=C1C(=O)N(Cl)C(=S)N2. The highest BCUT2D eigenvalue weighted by Crippen LogP contribution is 2.24. The molecule has 2 rings (SSSR count). The monoisotopic (exact) mass is 272 g/mol. The molecule has 1 atom stereocenters. The first-order valence-corrected chi connectivity index (χ1v) is 5.04. The number of amides is 1. The van der Waals surface area contributed by atoms with E-state index in [-0.39, 0.29) is 10.8 Å². The highest BCUT2D eigenvalue weighted by atomic mass is 35.5. The van der Waals surface area contributed by atoms with Crippen molar-refractivity contribution >= 4 is 53.0 Å². The molecule has 1 N–H and O–H groups in total. The highest BCUT2D eigenvalue weighted by molar-refractivity contribution is 7.80. The average Bonchev–Trinajstić information content (AvgIpc) is 2.69. The maximum absolute atomic E-state index is 11.7. The molecule has 7 nitrogen and oxygen atoms in total. The van der Waals surface area contributed by atoms with E-state index >= 15 is 0 Å². The molecule has 1 unspecified atom stereocenters. The number of carbonyl (C=O) groups is 2. The molecule has 0 bridgehead atoms. The van der Waals surface area contributed by atoms with E-state index in [4.69, 9.17) is 28.7 Å². The summed E-state index contributed by atoms with van der Waals surface area (Å²) in [5, 5.41) is 2.39. The molecule has 0 aliphatic carbocycles. The van der Waals surface area contributed by atoms with Crippen molar-refractivity contribution < 1.29 is 14.3 Å². The fourth-order valence-corrected chi connectivity index (χ4v) is 1.62. The van der Waals surface area contributed by atoms with Gasteiger partial charge >= 0.3 is 11.8 Å². The first kappa shape index (κ1) is 11.7. The standard InChI is InChI=1S/C8H5ClN4O3S/c1-2-4(14)16-8-5(10-3-11-8)6(15)13(9)7(17)12-8/h2-3H,1H2,(H,12,17). The summed E-state index contributed by atoms with van der Waals surface area (Å²) >= 11 is 10.4. The summed E-state index contributed by atoms with van der Waals surface area (Å²) < 4.78 is 5.61. The van der Waals surface area contributed by atoms with Gasteiger partial charge in [-0.3, -0.25) is 10.1 Å². The van der Waals surface area contributed by atoms with Gasteiger partial charge in [-0.2, -0.15) is 4.42 Å². The van der Waals surface area contributed by atoms with Crippen LogP contribution in [0.5, 0.6) is 0 Å². The van der Waals surface area contributed by atoms with Crippen molar-refractivity contribution in [1.82, 2.24) is 9.74 Å². The predicted octanol–water partition coefficient (Wildman–Crippen LogP) is -0.277. The Morgan fingerprint density at radius 2 is 2.47 bits per heavy atom. The van der Waals surface area contributed by atoms with E-state index in [1.165, 1.54) is 0 Å². The molecule has 0 aromatic heterocycles. The molecule has 9 heteroatoms. The molecule has 88 valence electrons. The minimum Gasteiger partial charge on any atom is -0.409 e. The van der Waals surface area contributed by atoms with Gasteiger partial charge in [-0.1, -0.05) is 6.58 Å². The number of esters is 1. The topological polar surface area (TPSA) is 83.4 Å². The van der Waals surface area contributed by atoms with Gasteiger partial charge in [-0.05, 0) is 12.2 Å². The molecule has 2 heterocycles. The first-order valence-electron chi connectivity index (χ1n) is 4.30. The van der Waals surface area contributed by atoms with E-state index in [2.05, 4.69) is 21.9 Å². The van der Waals surface area contributed by atoms with Crippen LogP contribution in [0.3, 0.4) is 0 Å². The van der Waals surface area contributed by atoms with Crippen molar-refractivity contribution in [2.45, 2.75) is 5.85 Å². The van der Waals surface area contributed by atoms with E-state index in [0.29, 0.717) is 4.42 Å². The maximum atomic E-state index is 11.7. The van der Waals surface area contributed by atoms with Gasteiger partial charge in [0.05, 0.1) is 0 Å². The van der Waals surface area contributed by atoms with Gasteiger partial charge in [-0.15, -0.1) is 0 Å². The van der Waals surface area contributed by atoms with Gasteiger partial charge in [0.2, 0.25) is 0 Å². The molecular weight excluding hydrogens is 268 g/mol. The Balaban J connectivity index is 2.39. The van der Waals surface area contributed by atoms with Crippen LogP contribution in [0, 0.1) is 0 Å². The summed E-state index contributed by atoms with van der Waals surface area (Å²) in [6.07, 6.45) is 2.01. The van der Waals surface area contributed by atoms with Crippen molar-refractivity contribution in [3.05, 3.63) is 12.7 Å². The molecule has 0 saturated carbocycles. The smallest absolute Gasteiger partial charge is 0.336 e. The molecule has 0 spiro atoms. The van der Waals surface area contributed by atoms with E-state index in [9.17, 15) is 9.59 Å². The van der Waals surface area contributed by atoms with E-state index in [0.717, 1.165) is 12.4 Å². The zero-order valence-corrected chi connectivity index (χ0v) is 9.79. The lowest BCUT2D eigenvalue weighted by Crippen LogP contribution is -2.65. The second-order valence-corrected chi connectivity index (χ2v) is 3.73. The van der Waals surface area contributed by atoms with E-state index in [1.807, 2.05) is 0 Å². The molecule has 1 amide bonds. The fraction of sp³-hybridized carbons (Fsp3) is 0.125. The lowest BCUT2D eigenvalue weighted by Gasteiger charge is -2.34. The third kappa shape index (κ3) is 1.71. The molecule has 1 fully saturated rings. The van der Waals surface area contributed by atoms with Gasteiger partial charge < -0.3 is 4.74 Å². The predicted molar refractivity (Wildman–Crippen MR) is 63.4 cm³/mol. The molecule has 17 heavy (non-hydrogen) atoms. The third-order valence-corrected chi connectivity index (χ3v) is 2.71. The van der Waals surface area contributed by atoms with Gasteiger partial charge in [0.15, 0.2) is 10.8 Å². The van der Waals surface area contributed by atoms with Crippen LogP contribution in [0.4, 0.5) is 0 Å². The molecule has 1 saturated heterocycles. The van der Waals surface area contributed by atoms with Crippen LogP contribution in [0.2, 0.25) is 0 Å². The zero-order valence-electron chi connectivity index (χ0n) is 8.21. The van der Waals surface area contributed by atoms with Crippen LogP contribution in [0.25, 0.3) is 0 Å². The van der Waals surface area contributed by atoms with Crippen LogP contribution < -0.4 is 5.32 Å². The minimum atomic E-state index is -1.73. The van der Waals surface area contributed by atoms with Gasteiger partial charge in [0.1, 0.15) is 6.34 Å². The number of hydrogen-bond donors (Lipinski definition) is 1. The van der Waals surface area contributed by atoms with Crippen LogP contribution in [-0.2, 0) is 14.3 Å². The fourth-order valence-electron chi connectivity index (χ4n) is 1.27. The molecule has 2 aliphatic heterocycles. The number of aliphatic imine (C=N–C) groups is 2. The number of fused-ring (bicyclic) bond motifs is 1. The summed E-state index contributed by atoms with van der Waals surface area (Å²) in [7, 11) is 0. The molecule has 0 aromatic rings. The summed E-state index contributed by atoms with van der Waals surface area (Å²) in [6, 6.07) is 0. The minimum absolute atomic E-state index is 0.133. The Hall–Kier alpha value is -1.80. The quantitative estimate of drug-likeness (QED) is 0.324. The van der Waals surface area contributed by atoms with Gasteiger partial charge in [0.25, 0.3) is 5.91 Å². The van der Waals surface area contributed by atoms with Gasteiger partial charge in [0, 0.05) is 17.9 Å². The maximum Gasteiger partial charge on any atom is 0.336 e. The normalized spacial score (nSPS) is 26.2. The third-order valence-electron chi connectivity index (χ3n) is 2.00. The largest absolute Gasteiger partial charge is 0.409 e. The van der Waals surface area contributed by atoms with Crippen LogP contribution in [0.1, 0.15) is 0 Å². The Morgan fingerprint density at radius 1 is 1.76 bits per heavy atom. The number of carbonyl (C=O) groups excluding carboxylic acids is 2. The van der Waals surface area contributed by atoms with Crippen molar-refractivity contribution in [1.29, 1.82) is 0 Å². The number of halogens is 1. The second kappa shape index (κ2) is 3.90. The Morgan fingerprint density at radius 3 is 3.12 bits per heavy atom. The average molecular weight is 273 g/mol. The van der Waals surface area contributed by atoms with Crippen molar-refractivity contribution in [3.8, 4) is 0 Å². The lowest BCUT2D eigenvalue weighted by molar-refractivity contribution is -0.148. The summed E-state index contributed by atoms with van der Waals surface area (Å²) in [4.78, 5) is 30.4. The van der Waals surface area contributed by atoms with E-state index < -0.39 is 17.7 Å². The molecule has 2 aliphatic rings. The number of nitrogens with zero attached hydrogens (tertiary/aromatic N) is 3. The summed E-state index contributed by atoms with van der Waals surface area (Å²) in [5.74, 6) is -3.21. The summed E-state index contributed by atoms with van der Waals surface area (Å²) in [5.41, 5.74) is -0.170. The number of hydrogen-bond acceptors (Lipinski definition) is 6.